The summed E-state index contributed by atoms with van der Waals surface area (Å²) in [4.78, 5) is 38.8. The van der Waals surface area contributed by atoms with Gasteiger partial charge in [-0.1, -0.05) is 115 Å². The molecule has 306 valence electrons. The zero-order valence-electron chi connectivity index (χ0n) is 35.0. The predicted octanol–water partition coefficient (Wildman–Crippen LogP) is 11.8. The predicted molar refractivity (Wildman–Crippen MR) is 244 cm³/mol. The summed E-state index contributed by atoms with van der Waals surface area (Å²) in [6.45, 7) is 11.6. The summed E-state index contributed by atoms with van der Waals surface area (Å²) in [7, 11) is 0. The van der Waals surface area contributed by atoms with Crippen LogP contribution in [0.2, 0.25) is 0 Å². The normalized spacial score (nSPS) is 16.9. The number of amides is 2. The van der Waals surface area contributed by atoms with Crippen molar-refractivity contribution in [3.05, 3.63) is 97.6 Å². The Bertz CT molecular complexity index is 1960. The molecule has 0 saturated carbocycles. The van der Waals surface area contributed by atoms with Gasteiger partial charge in [0.05, 0.1) is 32.3 Å². The van der Waals surface area contributed by atoms with Crippen molar-refractivity contribution in [3.63, 3.8) is 0 Å². The van der Waals surface area contributed by atoms with E-state index < -0.39 is 0 Å². The van der Waals surface area contributed by atoms with Crippen molar-refractivity contribution in [3.8, 4) is 10.4 Å². The number of nitrogens with zero attached hydrogens (tertiary/aromatic N) is 2. The molecule has 0 saturated heterocycles. The van der Waals surface area contributed by atoms with E-state index in [2.05, 4.69) is 88.4 Å². The van der Waals surface area contributed by atoms with Gasteiger partial charge in [-0.05, 0) is 117 Å². The maximum absolute atomic E-state index is 15.2. The molecule has 6 nitrogen and oxygen atoms in total. The van der Waals surface area contributed by atoms with Crippen LogP contribution in [0.5, 0.6) is 0 Å². The zero-order chi connectivity index (χ0) is 40.3. The fourth-order valence-corrected chi connectivity index (χ4v) is 10.8. The van der Waals surface area contributed by atoms with Gasteiger partial charge >= 0.3 is 0 Å². The Morgan fingerprint density at radius 1 is 0.596 bits per heavy atom. The highest BCUT2D eigenvalue weighted by Crippen LogP contribution is 2.50. The summed E-state index contributed by atoms with van der Waals surface area (Å²) < 4.78 is 0. The van der Waals surface area contributed by atoms with Gasteiger partial charge in [0.25, 0.3) is 11.8 Å². The van der Waals surface area contributed by atoms with E-state index in [9.17, 15) is 0 Å². The molecule has 1 aliphatic carbocycles. The first-order valence-electron chi connectivity index (χ1n) is 22.1. The standard InChI is InChI=1S/C49H66N4O2S2/c1-5-9-11-15-35(8-4)33-53-47(43-29-27-41(57-43)39-24-20-37(21-25-39)17-13-31-51)45-44(49(53)55)46(52(48(45)54)32-34(7-3)14-10-6-2)42-28-26-40(56-42)38-22-18-36(19-23-38)16-12-30-50/h18,20-22,24-29,34-35H,5-17,19,23,30-33,50-51H2,1-4H3. The van der Waals surface area contributed by atoms with Crippen LogP contribution < -0.4 is 11.5 Å². The van der Waals surface area contributed by atoms with Crippen LogP contribution in [0.1, 0.15) is 138 Å². The molecule has 57 heavy (non-hydrogen) atoms. The number of hydrogen-bond donors (Lipinski definition) is 2. The first-order valence-corrected chi connectivity index (χ1v) is 23.7. The molecule has 2 atom stereocenters. The molecule has 0 bridgehead atoms. The Balaban J connectivity index is 1.45. The number of rotatable bonds is 23. The fraction of sp³-hybridized carbons (Fsp3) is 0.510. The largest absolute Gasteiger partial charge is 0.330 e. The van der Waals surface area contributed by atoms with E-state index in [1.807, 2.05) is 9.80 Å². The molecule has 4 N–H and O–H groups in total. The minimum atomic E-state index is -0.0154. The van der Waals surface area contributed by atoms with Crippen molar-refractivity contribution in [2.24, 2.45) is 23.3 Å². The van der Waals surface area contributed by atoms with E-state index in [0.29, 0.717) is 42.6 Å². The van der Waals surface area contributed by atoms with Gasteiger partial charge in [-0.25, -0.2) is 0 Å². The van der Waals surface area contributed by atoms with Gasteiger partial charge < -0.3 is 21.3 Å². The van der Waals surface area contributed by atoms with Crippen molar-refractivity contribution < 1.29 is 9.59 Å². The number of fused-ring (bicyclic) bond motifs is 1. The smallest absolute Gasteiger partial charge is 0.261 e. The van der Waals surface area contributed by atoms with Gasteiger partial charge in [-0.15, -0.1) is 22.7 Å². The highest BCUT2D eigenvalue weighted by atomic mass is 32.1. The summed E-state index contributed by atoms with van der Waals surface area (Å²) in [6, 6.07) is 17.5. The Morgan fingerprint density at radius 2 is 1.14 bits per heavy atom. The van der Waals surface area contributed by atoms with Crippen molar-refractivity contribution in [1.82, 2.24) is 9.80 Å². The molecule has 3 aromatic rings. The van der Waals surface area contributed by atoms with E-state index in [4.69, 9.17) is 11.5 Å². The number of nitrogens with two attached hydrogens (primary N) is 2. The Labute approximate surface area is 350 Å². The van der Waals surface area contributed by atoms with Crippen LogP contribution in [0, 0.1) is 11.8 Å². The Kier molecular flexibility index (Phi) is 15.8. The van der Waals surface area contributed by atoms with Gasteiger partial charge in [-0.3, -0.25) is 9.59 Å². The Morgan fingerprint density at radius 3 is 1.68 bits per heavy atom. The van der Waals surface area contributed by atoms with Gasteiger partial charge in [0, 0.05) is 22.8 Å². The van der Waals surface area contributed by atoms with Crippen molar-refractivity contribution in [2.45, 2.75) is 124 Å². The second-order valence-electron chi connectivity index (χ2n) is 16.3. The van der Waals surface area contributed by atoms with E-state index in [0.717, 1.165) is 122 Å². The topological polar surface area (TPSA) is 92.7 Å². The molecule has 8 heteroatoms. The van der Waals surface area contributed by atoms with Crippen LogP contribution in [0.3, 0.4) is 0 Å². The molecule has 2 amide bonds. The molecule has 4 heterocycles. The number of carbonyl (C=O) groups excluding carboxylic acids is 2. The minimum Gasteiger partial charge on any atom is -0.330 e. The first-order chi connectivity index (χ1) is 27.8. The maximum Gasteiger partial charge on any atom is 0.261 e. The third-order valence-electron chi connectivity index (χ3n) is 12.2. The van der Waals surface area contributed by atoms with Gasteiger partial charge in [0.1, 0.15) is 0 Å². The van der Waals surface area contributed by atoms with Crippen LogP contribution in [0.15, 0.2) is 77.4 Å². The summed E-state index contributed by atoms with van der Waals surface area (Å²) in [6.07, 6.45) is 20.5. The summed E-state index contributed by atoms with van der Waals surface area (Å²) in [5.41, 5.74) is 19.7. The lowest BCUT2D eigenvalue weighted by Crippen LogP contribution is -2.34. The van der Waals surface area contributed by atoms with Crippen LogP contribution in [0.4, 0.5) is 0 Å². The maximum atomic E-state index is 15.2. The molecular weight excluding hydrogens is 741 g/mol. The monoisotopic (exact) mass is 806 g/mol. The van der Waals surface area contributed by atoms with Crippen molar-refractivity contribution in [1.29, 1.82) is 0 Å². The number of hydrogen-bond acceptors (Lipinski definition) is 6. The molecule has 6 rings (SSSR count). The number of unbranched alkanes of at least 4 members (excludes halogenated alkanes) is 3. The van der Waals surface area contributed by atoms with Gasteiger partial charge in [0.2, 0.25) is 0 Å². The molecule has 2 aliphatic heterocycles. The second kappa shape index (κ2) is 20.9. The molecule has 0 spiro atoms. The lowest BCUT2D eigenvalue weighted by Gasteiger charge is -2.29. The van der Waals surface area contributed by atoms with E-state index in [1.165, 1.54) is 34.4 Å². The first kappa shape index (κ1) is 43.0. The molecule has 2 unspecified atom stereocenters. The number of thiophene rings is 2. The van der Waals surface area contributed by atoms with E-state index in [-0.39, 0.29) is 11.8 Å². The van der Waals surface area contributed by atoms with Gasteiger partial charge in [0.15, 0.2) is 0 Å². The third kappa shape index (κ3) is 10.0. The summed E-state index contributed by atoms with van der Waals surface area (Å²) >= 11 is 3.43. The highest BCUT2D eigenvalue weighted by molar-refractivity contribution is 7.16. The van der Waals surface area contributed by atoms with Gasteiger partial charge in [-0.2, -0.15) is 0 Å². The fourth-order valence-electron chi connectivity index (χ4n) is 8.62. The molecule has 3 aliphatic rings. The van der Waals surface area contributed by atoms with Crippen LogP contribution >= 0.6 is 22.7 Å². The molecule has 0 fully saturated rings. The van der Waals surface area contributed by atoms with Crippen molar-refractivity contribution in [2.75, 3.05) is 26.2 Å². The number of allylic oxidation sites excluding steroid dienone is 4. The molecule has 2 aromatic heterocycles. The third-order valence-corrected chi connectivity index (χ3v) is 14.5. The van der Waals surface area contributed by atoms with Crippen LogP contribution in [0.25, 0.3) is 27.4 Å². The zero-order valence-corrected chi connectivity index (χ0v) is 36.7. The quantitative estimate of drug-likeness (QED) is 0.0934. The lowest BCUT2D eigenvalue weighted by molar-refractivity contribution is -0.124. The molecular formula is C49H66N4O2S2. The second-order valence-corrected chi connectivity index (χ2v) is 18.5. The number of aryl methyl sites for hydroxylation is 1. The van der Waals surface area contributed by atoms with E-state index >= 15 is 9.59 Å². The molecule has 0 radical (unpaired) electrons. The minimum absolute atomic E-state index is 0.0140. The highest BCUT2D eigenvalue weighted by Gasteiger charge is 2.50. The average molecular weight is 807 g/mol. The van der Waals surface area contributed by atoms with Crippen LogP contribution in [-0.4, -0.2) is 47.8 Å². The van der Waals surface area contributed by atoms with E-state index in [1.54, 1.807) is 22.7 Å². The summed E-state index contributed by atoms with van der Waals surface area (Å²) in [5, 5.41) is 0. The molecule has 1 aromatic carbocycles. The summed E-state index contributed by atoms with van der Waals surface area (Å²) in [5.74, 6) is 0.692. The Hall–Kier alpha value is -3.56. The van der Waals surface area contributed by atoms with Crippen molar-refractivity contribution >= 4 is 51.5 Å². The number of benzene rings is 1. The van der Waals surface area contributed by atoms with Crippen LogP contribution in [-0.2, 0) is 16.0 Å². The number of carbonyl (C=O) groups is 2. The average Bonchev–Trinajstić information content (AvgIpc) is 4.03. The lowest BCUT2D eigenvalue weighted by atomic mass is 9.94. The SMILES string of the molecule is CCCCCC(CC)CN1C(=O)C2=C(c3ccc(C4=CC=C(CCCN)CC4)s3)N(CC(CC)CCCC)C(=O)C2=C1c1ccc(-c2ccc(CCCN)cc2)s1.